The van der Waals surface area contributed by atoms with Gasteiger partial charge in [0, 0.05) is 44.5 Å². The third-order valence-electron chi connectivity index (χ3n) is 8.36. The molecule has 13 heteroatoms. The van der Waals surface area contributed by atoms with E-state index < -0.39 is 36.4 Å². The third kappa shape index (κ3) is 6.97. The van der Waals surface area contributed by atoms with Crippen molar-refractivity contribution in [2.45, 2.75) is 74.8 Å². The molecule has 42 heavy (non-hydrogen) atoms. The number of aliphatic hydroxyl groups is 1. The fraction of sp³-hybridized carbons (Fsp3) is 0.552. The smallest absolute Gasteiger partial charge is 0.336 e. The summed E-state index contributed by atoms with van der Waals surface area (Å²) in [6.07, 6.45) is 2.93. The number of carbonyl (C=O) groups is 4. The van der Waals surface area contributed by atoms with Crippen LogP contribution in [0.25, 0.3) is 0 Å². The van der Waals surface area contributed by atoms with Crippen LogP contribution in [0.1, 0.15) is 55.3 Å². The first-order valence-corrected chi connectivity index (χ1v) is 14.7. The van der Waals surface area contributed by atoms with Crippen LogP contribution in [-0.4, -0.2) is 97.3 Å². The molecule has 0 saturated carbocycles. The number of piperidine rings is 1. The number of carboxylic acid groups (broad SMARTS) is 3. The van der Waals surface area contributed by atoms with Crippen LogP contribution in [0.3, 0.4) is 0 Å². The van der Waals surface area contributed by atoms with Gasteiger partial charge in [0.1, 0.15) is 0 Å². The number of rotatable bonds is 10. The number of aromatic nitrogens is 1. The molecule has 2 aromatic rings. The van der Waals surface area contributed by atoms with Crippen LogP contribution in [0.4, 0.5) is 0 Å². The molecule has 3 atom stereocenters. The maximum absolute atomic E-state index is 12.9. The van der Waals surface area contributed by atoms with Gasteiger partial charge in [-0.05, 0) is 36.8 Å². The van der Waals surface area contributed by atoms with Crippen molar-refractivity contribution in [1.29, 1.82) is 0 Å². The molecule has 0 radical (unpaired) electrons. The lowest BCUT2D eigenvalue weighted by molar-refractivity contribution is -0.170. The number of hydrogen-bond donors (Lipinski definition) is 4. The van der Waals surface area contributed by atoms with Crippen LogP contribution in [0.15, 0.2) is 35.2 Å². The molecule has 4 heterocycles. The first kappa shape index (κ1) is 31.5. The predicted molar refractivity (Wildman–Crippen MR) is 151 cm³/mol. The summed E-state index contributed by atoms with van der Waals surface area (Å²) in [6.45, 7) is 1.56. The lowest BCUT2D eigenvalue weighted by Gasteiger charge is -2.45. The van der Waals surface area contributed by atoms with E-state index in [1.165, 1.54) is 24.0 Å². The van der Waals surface area contributed by atoms with E-state index >= 15 is 0 Å². The third-order valence-corrected chi connectivity index (χ3v) is 8.99. The normalized spacial score (nSPS) is 23.5. The summed E-state index contributed by atoms with van der Waals surface area (Å²) < 4.78 is 6.45. The second kappa shape index (κ2) is 12.9. The molecule has 0 aliphatic carbocycles. The van der Waals surface area contributed by atoms with Crippen LogP contribution in [0, 0.1) is 5.92 Å². The van der Waals surface area contributed by atoms with Crippen molar-refractivity contribution in [1.82, 2.24) is 14.8 Å². The van der Waals surface area contributed by atoms with Gasteiger partial charge in [-0.1, -0.05) is 24.3 Å². The van der Waals surface area contributed by atoms with Crippen molar-refractivity contribution in [2.24, 2.45) is 5.92 Å². The Labute approximate surface area is 247 Å². The number of carbonyl (C=O) groups excluding carboxylic acids is 1. The average Bonchev–Trinajstić information content (AvgIpc) is 3.61. The van der Waals surface area contributed by atoms with Gasteiger partial charge in [-0.15, -0.1) is 11.3 Å². The molecule has 1 spiro atoms. The second-order valence-corrected chi connectivity index (χ2v) is 12.2. The van der Waals surface area contributed by atoms with E-state index in [9.17, 15) is 19.2 Å². The number of benzene rings is 1. The van der Waals surface area contributed by atoms with Crippen LogP contribution >= 0.6 is 11.3 Å². The molecule has 12 nitrogen and oxygen atoms in total. The van der Waals surface area contributed by atoms with Gasteiger partial charge >= 0.3 is 17.9 Å². The molecule has 1 aromatic heterocycles. The van der Waals surface area contributed by atoms with Crippen molar-refractivity contribution < 1.29 is 44.3 Å². The molecule has 2 saturated heterocycles. The van der Waals surface area contributed by atoms with E-state index in [2.05, 4.69) is 39.5 Å². The number of thiazole rings is 1. The van der Waals surface area contributed by atoms with E-state index in [1.807, 2.05) is 19.6 Å². The van der Waals surface area contributed by atoms with E-state index in [4.69, 9.17) is 25.2 Å². The zero-order chi connectivity index (χ0) is 30.7. The van der Waals surface area contributed by atoms with E-state index in [1.54, 1.807) is 16.2 Å². The summed E-state index contributed by atoms with van der Waals surface area (Å²) in [7, 11) is 3.72. The summed E-state index contributed by atoms with van der Waals surface area (Å²) in [5.41, 5.74) is 2.79. The number of ether oxygens (including phenoxy) is 1. The van der Waals surface area contributed by atoms with Gasteiger partial charge in [0.25, 0.3) is 0 Å². The minimum Gasteiger partial charge on any atom is -0.481 e. The highest BCUT2D eigenvalue weighted by Gasteiger charge is 2.53. The molecule has 228 valence electrons. The van der Waals surface area contributed by atoms with Gasteiger partial charge in [0.2, 0.25) is 5.91 Å². The number of nitrogens with zero attached hydrogens (tertiary/aromatic N) is 3. The Balaban J connectivity index is 0.000000266. The number of aliphatic carboxylic acids is 3. The Morgan fingerprint density at radius 1 is 1.10 bits per heavy atom. The molecule has 1 aromatic carbocycles. The predicted octanol–water partition coefficient (Wildman–Crippen LogP) is 2.19. The Morgan fingerprint density at radius 2 is 1.71 bits per heavy atom. The molecule has 3 unspecified atom stereocenters. The minimum atomic E-state index is -2.74. The summed E-state index contributed by atoms with van der Waals surface area (Å²) in [4.78, 5) is 52.2. The number of carboxylic acids is 3. The zero-order valence-corrected chi connectivity index (χ0v) is 24.5. The van der Waals surface area contributed by atoms with Gasteiger partial charge in [0.05, 0.1) is 42.2 Å². The van der Waals surface area contributed by atoms with Gasteiger partial charge in [-0.2, -0.15) is 0 Å². The SMILES string of the molecule is CN(C)C(=O)C(Cc1cscn1)CN1C2CCC1CC1(C2)OCc2ccccc21.O=C(O)CC(O)(CC(=O)O)C(=O)O. The van der Waals surface area contributed by atoms with Crippen molar-refractivity contribution in [3.8, 4) is 0 Å². The van der Waals surface area contributed by atoms with E-state index in [0.29, 0.717) is 12.1 Å². The monoisotopic (exact) mass is 603 g/mol. The summed E-state index contributed by atoms with van der Waals surface area (Å²) in [5.74, 6) is -4.85. The van der Waals surface area contributed by atoms with Gasteiger partial charge < -0.3 is 30.1 Å². The molecule has 3 aliphatic rings. The first-order valence-electron chi connectivity index (χ1n) is 13.8. The minimum absolute atomic E-state index is 0.0407. The van der Waals surface area contributed by atoms with Gasteiger partial charge in [-0.25, -0.2) is 9.78 Å². The molecule has 2 bridgehead atoms. The quantitative estimate of drug-likeness (QED) is 0.313. The van der Waals surface area contributed by atoms with Crippen molar-refractivity contribution in [2.75, 3.05) is 20.6 Å². The topological polar surface area (TPSA) is 178 Å². The van der Waals surface area contributed by atoms with Crippen LogP contribution in [-0.2, 0) is 42.5 Å². The van der Waals surface area contributed by atoms with Gasteiger partial charge in [0.15, 0.2) is 5.60 Å². The molecule has 1 amide bonds. The Morgan fingerprint density at radius 3 is 2.24 bits per heavy atom. The Bertz CT molecular complexity index is 1270. The lowest BCUT2D eigenvalue weighted by Crippen LogP contribution is -2.52. The highest BCUT2D eigenvalue weighted by molar-refractivity contribution is 7.07. The number of fused-ring (bicyclic) bond motifs is 4. The molecule has 5 rings (SSSR count). The van der Waals surface area contributed by atoms with Crippen molar-refractivity contribution in [3.63, 3.8) is 0 Å². The van der Waals surface area contributed by atoms with Crippen molar-refractivity contribution in [3.05, 3.63) is 52.0 Å². The van der Waals surface area contributed by atoms with E-state index in [0.717, 1.165) is 38.1 Å². The molecular weight excluding hydrogens is 566 g/mol. The first-order chi connectivity index (χ1) is 19.8. The largest absolute Gasteiger partial charge is 0.481 e. The second-order valence-electron chi connectivity index (χ2n) is 11.5. The molecule has 2 fully saturated rings. The summed E-state index contributed by atoms with van der Waals surface area (Å²) in [5, 5.41) is 35.9. The number of amides is 1. The van der Waals surface area contributed by atoms with Crippen LogP contribution in [0.5, 0.6) is 0 Å². The standard InChI is InChI=1S/C23H29N3O2S.C6H8O7/c1-25(2)22(27)17(9-18-14-29-15-24-18)12-26-19-7-8-20(26)11-23(10-19)21-6-4-3-5-16(21)13-28-23;7-3(8)1-6(13,5(11)12)2-4(9)10/h3-6,14-15,17,19-20H,7-13H2,1-2H3;13H,1-2H2,(H,7,8)(H,9,10)(H,11,12). The fourth-order valence-corrected chi connectivity index (χ4v) is 7.04. The van der Waals surface area contributed by atoms with Crippen LogP contribution < -0.4 is 0 Å². The average molecular weight is 604 g/mol. The Kier molecular flexibility index (Phi) is 9.66. The summed E-state index contributed by atoms with van der Waals surface area (Å²) >= 11 is 1.60. The summed E-state index contributed by atoms with van der Waals surface area (Å²) in [6, 6.07) is 9.71. The Hall–Kier alpha value is -3.39. The molecular formula is C29H37N3O9S. The maximum atomic E-state index is 12.9. The van der Waals surface area contributed by atoms with E-state index in [-0.39, 0.29) is 17.4 Å². The lowest BCUT2D eigenvalue weighted by atomic mass is 9.79. The molecule has 3 aliphatic heterocycles. The highest BCUT2D eigenvalue weighted by Crippen LogP contribution is 2.52. The fourth-order valence-electron chi connectivity index (χ4n) is 6.47. The highest BCUT2D eigenvalue weighted by atomic mass is 32.1. The van der Waals surface area contributed by atoms with Gasteiger partial charge in [-0.3, -0.25) is 19.3 Å². The number of hydrogen-bond acceptors (Lipinski definition) is 9. The maximum Gasteiger partial charge on any atom is 0.336 e. The van der Waals surface area contributed by atoms with Crippen molar-refractivity contribution >= 4 is 35.2 Å². The van der Waals surface area contributed by atoms with Crippen LogP contribution in [0.2, 0.25) is 0 Å². The molecule has 4 N–H and O–H groups in total. The zero-order valence-electron chi connectivity index (χ0n) is 23.6.